The Labute approximate surface area is 159 Å². The Kier molecular flexibility index (Phi) is 4.45. The number of amides is 1. The Hall–Kier alpha value is -3.80. The summed E-state index contributed by atoms with van der Waals surface area (Å²) in [6.07, 6.45) is 1.69. The number of para-hydroxylation sites is 1. The number of fused-ring (bicyclic) bond motifs is 1. The van der Waals surface area contributed by atoms with Crippen molar-refractivity contribution in [3.8, 4) is 11.8 Å². The number of rotatable bonds is 3. The summed E-state index contributed by atoms with van der Waals surface area (Å²) in [5.74, 6) is 0.560. The molecule has 3 N–H and O–H groups in total. The second-order valence-electron chi connectivity index (χ2n) is 6.64. The molecule has 1 aliphatic heterocycles. The molecule has 0 radical (unpaired) electrons. The molecule has 0 aliphatic carbocycles. The number of aromatic amines is 1. The lowest BCUT2D eigenvalue weighted by atomic mass is 10.1. The van der Waals surface area contributed by atoms with Gasteiger partial charge in [0.25, 0.3) is 5.56 Å². The minimum atomic E-state index is -1.07. The van der Waals surface area contributed by atoms with E-state index in [9.17, 15) is 14.9 Å². The number of hydrogen-bond donors (Lipinski definition) is 3. The van der Waals surface area contributed by atoms with Gasteiger partial charge in [0.2, 0.25) is 0 Å². The molecule has 4 rings (SSSR count). The molecule has 1 saturated heterocycles. The summed E-state index contributed by atoms with van der Waals surface area (Å²) in [6, 6.07) is 11.2. The number of anilines is 1. The normalized spacial score (nSPS) is 16.7. The van der Waals surface area contributed by atoms with Crippen molar-refractivity contribution < 1.29 is 9.90 Å². The van der Waals surface area contributed by atoms with E-state index in [0.717, 1.165) is 18.5 Å². The van der Waals surface area contributed by atoms with E-state index < -0.39 is 6.09 Å². The van der Waals surface area contributed by atoms with Crippen molar-refractivity contribution in [2.24, 2.45) is 0 Å². The highest BCUT2D eigenvalue weighted by Gasteiger charge is 2.29. The monoisotopic (exact) mass is 378 g/mol. The molecule has 9 heteroatoms. The van der Waals surface area contributed by atoms with Gasteiger partial charge >= 0.3 is 6.09 Å². The zero-order valence-corrected chi connectivity index (χ0v) is 14.9. The largest absolute Gasteiger partial charge is 0.465 e. The molecule has 3 heterocycles. The lowest BCUT2D eigenvalue weighted by molar-refractivity contribution is 0.188. The van der Waals surface area contributed by atoms with Crippen LogP contribution in [-0.4, -0.2) is 44.9 Å². The van der Waals surface area contributed by atoms with Crippen LogP contribution in [0, 0.1) is 11.3 Å². The minimum Gasteiger partial charge on any atom is -0.465 e. The molecule has 142 valence electrons. The predicted molar refractivity (Wildman–Crippen MR) is 103 cm³/mol. The number of nitrogens with one attached hydrogen (secondary N) is 2. The fraction of sp³-hybridized carbons (Fsp3) is 0.263. The smallest absolute Gasteiger partial charge is 0.404 e. The van der Waals surface area contributed by atoms with E-state index in [-0.39, 0.29) is 11.6 Å². The van der Waals surface area contributed by atoms with Gasteiger partial charge in [-0.3, -0.25) is 9.36 Å². The van der Waals surface area contributed by atoms with Gasteiger partial charge in [0.15, 0.2) is 0 Å². The molecular weight excluding hydrogens is 360 g/mol. The van der Waals surface area contributed by atoms with Crippen LogP contribution in [-0.2, 0) is 0 Å². The molecule has 9 nitrogen and oxygen atoms in total. The predicted octanol–water partition coefficient (Wildman–Crippen LogP) is 1.82. The minimum absolute atomic E-state index is 0.258. The van der Waals surface area contributed by atoms with E-state index in [1.165, 1.54) is 6.33 Å². The number of aromatic nitrogens is 3. The van der Waals surface area contributed by atoms with E-state index in [2.05, 4.69) is 21.4 Å². The molecule has 0 unspecified atom stereocenters. The number of benzene rings is 1. The van der Waals surface area contributed by atoms with Crippen molar-refractivity contribution in [3.05, 3.63) is 52.6 Å². The molecular formula is C19H18N6O3. The third-order valence-corrected chi connectivity index (χ3v) is 4.90. The molecule has 0 bridgehead atoms. The Balaban J connectivity index is 1.95. The molecule has 28 heavy (non-hydrogen) atoms. The van der Waals surface area contributed by atoms with Gasteiger partial charge in [-0.1, -0.05) is 18.2 Å². The molecule has 1 aromatic carbocycles. The fourth-order valence-corrected chi connectivity index (χ4v) is 3.80. The maximum Gasteiger partial charge on any atom is 0.404 e. The van der Waals surface area contributed by atoms with Crippen LogP contribution in [0.5, 0.6) is 0 Å². The summed E-state index contributed by atoms with van der Waals surface area (Å²) < 4.78 is 1.74. The third-order valence-electron chi connectivity index (χ3n) is 4.90. The standard InChI is InChI=1S/C19H18N6O3/c20-9-14-15-16(17(26)22-11-21-15)25(13-6-2-1-3-7-13)18(14)24-8-4-5-12(10-24)23-19(27)28/h1-3,6-7,11-12,23H,4-5,8,10H2,(H,27,28)(H,21,22,26)/t12-/m0/s1. The highest BCUT2D eigenvalue weighted by atomic mass is 16.4. The second-order valence-corrected chi connectivity index (χ2v) is 6.64. The third kappa shape index (κ3) is 2.95. The Morgan fingerprint density at radius 3 is 2.86 bits per heavy atom. The van der Waals surface area contributed by atoms with E-state index >= 15 is 0 Å². The van der Waals surface area contributed by atoms with Crippen LogP contribution in [0.3, 0.4) is 0 Å². The van der Waals surface area contributed by atoms with Crippen LogP contribution >= 0.6 is 0 Å². The van der Waals surface area contributed by atoms with Crippen LogP contribution in [0.4, 0.5) is 10.6 Å². The lowest BCUT2D eigenvalue weighted by Gasteiger charge is -2.34. The van der Waals surface area contributed by atoms with Crippen molar-refractivity contribution in [2.45, 2.75) is 18.9 Å². The molecule has 3 aromatic rings. The molecule has 1 amide bonds. The summed E-state index contributed by atoms with van der Waals surface area (Å²) in [4.78, 5) is 32.5. The van der Waals surface area contributed by atoms with Crippen molar-refractivity contribution in [1.29, 1.82) is 5.26 Å². The number of nitriles is 1. The van der Waals surface area contributed by atoms with Gasteiger partial charge < -0.3 is 20.3 Å². The van der Waals surface area contributed by atoms with Gasteiger partial charge in [-0.05, 0) is 25.0 Å². The quantitative estimate of drug-likeness (QED) is 0.638. The average molecular weight is 378 g/mol. The van der Waals surface area contributed by atoms with Crippen molar-refractivity contribution in [2.75, 3.05) is 18.0 Å². The van der Waals surface area contributed by atoms with Gasteiger partial charge in [-0.15, -0.1) is 0 Å². The molecule has 0 spiro atoms. The zero-order chi connectivity index (χ0) is 19.7. The second kappa shape index (κ2) is 7.08. The number of carbonyl (C=O) groups is 1. The van der Waals surface area contributed by atoms with Gasteiger partial charge in [-0.2, -0.15) is 5.26 Å². The molecule has 0 saturated carbocycles. The first kappa shape index (κ1) is 17.6. The van der Waals surface area contributed by atoms with Crippen molar-refractivity contribution in [1.82, 2.24) is 19.9 Å². The van der Waals surface area contributed by atoms with E-state index in [4.69, 9.17) is 5.11 Å². The van der Waals surface area contributed by atoms with Crippen LogP contribution in [0.25, 0.3) is 16.7 Å². The van der Waals surface area contributed by atoms with E-state index in [1.54, 1.807) is 4.57 Å². The van der Waals surface area contributed by atoms with E-state index in [0.29, 0.717) is 35.5 Å². The Morgan fingerprint density at radius 1 is 1.36 bits per heavy atom. The Morgan fingerprint density at radius 2 is 2.14 bits per heavy atom. The summed E-state index contributed by atoms with van der Waals surface area (Å²) in [7, 11) is 0. The number of piperidine rings is 1. The van der Waals surface area contributed by atoms with Gasteiger partial charge in [-0.25, -0.2) is 9.78 Å². The maximum atomic E-state index is 12.6. The number of hydrogen-bond acceptors (Lipinski definition) is 5. The maximum absolute atomic E-state index is 12.6. The highest BCUT2D eigenvalue weighted by molar-refractivity contribution is 5.91. The number of nitrogens with zero attached hydrogens (tertiary/aromatic N) is 4. The Bertz CT molecular complexity index is 1130. The molecule has 2 aromatic heterocycles. The van der Waals surface area contributed by atoms with Crippen LogP contribution in [0.15, 0.2) is 41.5 Å². The summed E-state index contributed by atoms with van der Waals surface area (Å²) >= 11 is 0. The van der Waals surface area contributed by atoms with Gasteiger partial charge in [0.1, 0.15) is 28.5 Å². The molecule has 1 atom stereocenters. The summed E-state index contributed by atoms with van der Waals surface area (Å²) in [6.45, 7) is 1.05. The van der Waals surface area contributed by atoms with E-state index in [1.807, 2.05) is 35.2 Å². The molecule has 1 aliphatic rings. The number of H-pyrrole nitrogens is 1. The van der Waals surface area contributed by atoms with Crippen LogP contribution in [0.1, 0.15) is 18.4 Å². The van der Waals surface area contributed by atoms with Crippen LogP contribution < -0.4 is 15.8 Å². The topological polar surface area (TPSA) is 127 Å². The van der Waals surface area contributed by atoms with Crippen molar-refractivity contribution in [3.63, 3.8) is 0 Å². The SMILES string of the molecule is N#Cc1c(N2CCC[C@H](NC(=O)O)C2)n(-c2ccccc2)c2c(=O)[nH]cnc12. The molecule has 1 fully saturated rings. The first-order valence-corrected chi connectivity index (χ1v) is 8.92. The van der Waals surface area contributed by atoms with Crippen molar-refractivity contribution >= 4 is 22.9 Å². The lowest BCUT2D eigenvalue weighted by Crippen LogP contribution is -2.48. The number of carboxylic acid groups (broad SMARTS) is 1. The highest BCUT2D eigenvalue weighted by Crippen LogP contribution is 2.34. The first-order chi connectivity index (χ1) is 13.6. The summed E-state index contributed by atoms with van der Waals surface area (Å²) in [5.41, 5.74) is 1.33. The van der Waals surface area contributed by atoms with Gasteiger partial charge in [0, 0.05) is 24.8 Å². The summed E-state index contributed by atoms with van der Waals surface area (Å²) in [5, 5.41) is 21.4. The first-order valence-electron chi connectivity index (χ1n) is 8.92. The fourth-order valence-electron chi connectivity index (χ4n) is 3.80. The van der Waals surface area contributed by atoms with Crippen LogP contribution in [0.2, 0.25) is 0 Å². The zero-order valence-electron chi connectivity index (χ0n) is 14.9. The van der Waals surface area contributed by atoms with Gasteiger partial charge in [0.05, 0.1) is 6.33 Å². The average Bonchev–Trinajstić information content (AvgIpc) is 3.04.